The van der Waals surface area contributed by atoms with E-state index < -0.39 is 0 Å². The third-order valence-corrected chi connectivity index (χ3v) is 4.01. The third kappa shape index (κ3) is 1.95. The van der Waals surface area contributed by atoms with Gasteiger partial charge >= 0.3 is 0 Å². The second kappa shape index (κ2) is 4.67. The van der Waals surface area contributed by atoms with Gasteiger partial charge in [0.15, 0.2) is 0 Å². The molecule has 1 atom stereocenters. The van der Waals surface area contributed by atoms with Crippen molar-refractivity contribution < 1.29 is 4.79 Å². The van der Waals surface area contributed by atoms with Crippen LogP contribution in [0, 0.1) is 13.8 Å². The van der Waals surface area contributed by atoms with Crippen LogP contribution in [0.4, 0.5) is 5.69 Å². The summed E-state index contributed by atoms with van der Waals surface area (Å²) in [5.41, 5.74) is 11.9. The molecular weight excluding hydrogens is 248 g/mol. The van der Waals surface area contributed by atoms with E-state index in [0.29, 0.717) is 17.8 Å². The van der Waals surface area contributed by atoms with Gasteiger partial charge in [-0.3, -0.25) is 4.79 Å². The van der Waals surface area contributed by atoms with Gasteiger partial charge in [0.05, 0.1) is 5.56 Å². The van der Waals surface area contributed by atoms with Crippen molar-refractivity contribution in [1.82, 2.24) is 5.32 Å². The number of fused-ring (bicyclic) bond motifs is 1. The second-order valence-corrected chi connectivity index (χ2v) is 5.43. The number of anilines is 1. The van der Waals surface area contributed by atoms with Crippen molar-refractivity contribution in [2.24, 2.45) is 0 Å². The molecule has 0 spiro atoms. The normalized spacial score (nSPS) is 17.5. The lowest BCUT2D eigenvalue weighted by atomic mass is 9.82. The maximum Gasteiger partial charge on any atom is 0.253 e. The van der Waals surface area contributed by atoms with Crippen LogP contribution in [0.15, 0.2) is 36.4 Å². The minimum Gasteiger partial charge on any atom is -0.398 e. The molecule has 0 saturated heterocycles. The molecule has 0 bridgehead atoms. The number of hydrogen-bond donors (Lipinski definition) is 2. The number of nitrogens with one attached hydrogen (secondary N) is 1. The summed E-state index contributed by atoms with van der Waals surface area (Å²) in [7, 11) is 0. The number of rotatable bonds is 1. The summed E-state index contributed by atoms with van der Waals surface area (Å²) in [6.07, 6.45) is 0. The minimum absolute atomic E-state index is 0.0698. The van der Waals surface area contributed by atoms with E-state index in [4.69, 9.17) is 5.73 Å². The Labute approximate surface area is 118 Å². The molecule has 0 fully saturated rings. The molecule has 3 rings (SSSR count). The summed E-state index contributed by atoms with van der Waals surface area (Å²) in [4.78, 5) is 12.0. The smallest absolute Gasteiger partial charge is 0.253 e. The van der Waals surface area contributed by atoms with E-state index in [1.807, 2.05) is 12.1 Å². The average molecular weight is 266 g/mol. The van der Waals surface area contributed by atoms with Gasteiger partial charge in [-0.05, 0) is 36.6 Å². The molecular formula is C17H18N2O. The monoisotopic (exact) mass is 266 g/mol. The van der Waals surface area contributed by atoms with Crippen LogP contribution in [-0.4, -0.2) is 12.5 Å². The maximum atomic E-state index is 12.0. The molecule has 0 saturated carbocycles. The fraction of sp³-hybridized carbons (Fsp3) is 0.235. The number of amides is 1. The van der Waals surface area contributed by atoms with Gasteiger partial charge in [-0.2, -0.15) is 0 Å². The van der Waals surface area contributed by atoms with Crippen molar-refractivity contribution in [2.45, 2.75) is 19.8 Å². The average Bonchev–Trinajstić information content (AvgIpc) is 2.42. The number of nitrogens with two attached hydrogens (primary N) is 1. The lowest BCUT2D eigenvalue weighted by Crippen LogP contribution is -2.36. The van der Waals surface area contributed by atoms with Gasteiger partial charge in [-0.25, -0.2) is 0 Å². The fourth-order valence-corrected chi connectivity index (χ4v) is 2.95. The first-order chi connectivity index (χ1) is 9.58. The first-order valence-corrected chi connectivity index (χ1v) is 6.81. The Morgan fingerprint density at radius 1 is 1.15 bits per heavy atom. The Morgan fingerprint density at radius 3 is 2.75 bits per heavy atom. The molecule has 1 heterocycles. The molecule has 1 aliphatic heterocycles. The largest absolute Gasteiger partial charge is 0.398 e. The van der Waals surface area contributed by atoms with Crippen molar-refractivity contribution in [3.63, 3.8) is 0 Å². The third-order valence-electron chi connectivity index (χ3n) is 4.01. The summed E-state index contributed by atoms with van der Waals surface area (Å²) in [5.74, 6) is 0.103. The highest BCUT2D eigenvalue weighted by Crippen LogP contribution is 2.34. The fourth-order valence-electron chi connectivity index (χ4n) is 2.95. The van der Waals surface area contributed by atoms with Gasteiger partial charge < -0.3 is 11.1 Å². The van der Waals surface area contributed by atoms with E-state index in [0.717, 1.165) is 5.56 Å². The molecule has 1 amide bonds. The molecule has 1 aliphatic rings. The van der Waals surface area contributed by atoms with E-state index >= 15 is 0 Å². The van der Waals surface area contributed by atoms with E-state index in [2.05, 4.69) is 37.4 Å². The zero-order valence-electron chi connectivity index (χ0n) is 11.7. The van der Waals surface area contributed by atoms with Crippen molar-refractivity contribution in [1.29, 1.82) is 0 Å². The van der Waals surface area contributed by atoms with Crippen LogP contribution in [0.25, 0.3) is 0 Å². The lowest BCUT2D eigenvalue weighted by Gasteiger charge is -2.28. The predicted molar refractivity (Wildman–Crippen MR) is 80.9 cm³/mol. The number of carbonyl (C=O) groups is 1. The SMILES string of the molecule is Cc1ccc(C)c(C2CNC(=O)c3c(N)cccc32)c1. The molecule has 3 nitrogen and oxygen atoms in total. The molecule has 102 valence electrons. The first-order valence-electron chi connectivity index (χ1n) is 6.81. The van der Waals surface area contributed by atoms with E-state index in [9.17, 15) is 4.79 Å². The highest BCUT2D eigenvalue weighted by molar-refractivity contribution is 6.02. The summed E-state index contributed by atoms with van der Waals surface area (Å²) in [6, 6.07) is 12.2. The number of aryl methyl sites for hydroxylation is 2. The standard InChI is InChI=1S/C17H18N2O/c1-10-6-7-11(2)13(8-10)14-9-19-17(20)16-12(14)4-3-5-15(16)18/h3-8,14H,9,18H2,1-2H3,(H,19,20). The quantitative estimate of drug-likeness (QED) is 0.780. The Hall–Kier alpha value is -2.29. The van der Waals surface area contributed by atoms with Gasteiger partial charge in [0.2, 0.25) is 0 Å². The van der Waals surface area contributed by atoms with Crippen LogP contribution in [0.1, 0.15) is 38.5 Å². The molecule has 0 aliphatic carbocycles. The van der Waals surface area contributed by atoms with Gasteiger partial charge in [-0.15, -0.1) is 0 Å². The lowest BCUT2D eigenvalue weighted by molar-refractivity contribution is 0.0943. The second-order valence-electron chi connectivity index (χ2n) is 5.43. The molecule has 0 radical (unpaired) electrons. The van der Waals surface area contributed by atoms with Crippen molar-refractivity contribution in [2.75, 3.05) is 12.3 Å². The molecule has 2 aromatic rings. The van der Waals surface area contributed by atoms with Crippen molar-refractivity contribution >= 4 is 11.6 Å². The molecule has 20 heavy (non-hydrogen) atoms. The highest BCUT2D eigenvalue weighted by atomic mass is 16.1. The Kier molecular flexibility index (Phi) is 2.97. The van der Waals surface area contributed by atoms with Crippen LogP contribution < -0.4 is 11.1 Å². The van der Waals surface area contributed by atoms with E-state index in [-0.39, 0.29) is 11.8 Å². The highest BCUT2D eigenvalue weighted by Gasteiger charge is 2.28. The first kappa shape index (κ1) is 12.7. The van der Waals surface area contributed by atoms with Crippen LogP contribution in [-0.2, 0) is 0 Å². The zero-order valence-corrected chi connectivity index (χ0v) is 11.7. The molecule has 2 aromatic carbocycles. The van der Waals surface area contributed by atoms with Crippen LogP contribution >= 0.6 is 0 Å². The number of benzene rings is 2. The van der Waals surface area contributed by atoms with Gasteiger partial charge in [0.1, 0.15) is 0 Å². The topological polar surface area (TPSA) is 55.1 Å². The Bertz CT molecular complexity index is 691. The van der Waals surface area contributed by atoms with E-state index in [1.54, 1.807) is 6.07 Å². The predicted octanol–water partition coefficient (Wildman–Crippen LogP) is 2.76. The van der Waals surface area contributed by atoms with Crippen molar-refractivity contribution in [3.05, 3.63) is 64.2 Å². The van der Waals surface area contributed by atoms with Gasteiger partial charge in [0, 0.05) is 18.2 Å². The van der Waals surface area contributed by atoms with Crippen LogP contribution in [0.2, 0.25) is 0 Å². The zero-order chi connectivity index (χ0) is 14.3. The summed E-state index contributed by atoms with van der Waals surface area (Å²) < 4.78 is 0. The molecule has 3 N–H and O–H groups in total. The molecule has 3 heteroatoms. The molecule has 0 aromatic heterocycles. The summed E-state index contributed by atoms with van der Waals surface area (Å²) in [5, 5.41) is 2.96. The van der Waals surface area contributed by atoms with E-state index in [1.165, 1.54) is 16.7 Å². The maximum absolute atomic E-state index is 12.0. The van der Waals surface area contributed by atoms with Gasteiger partial charge in [-0.1, -0.05) is 35.9 Å². The Balaban J connectivity index is 2.18. The van der Waals surface area contributed by atoms with Crippen LogP contribution in [0.3, 0.4) is 0 Å². The number of hydrogen-bond acceptors (Lipinski definition) is 2. The summed E-state index contributed by atoms with van der Waals surface area (Å²) >= 11 is 0. The summed E-state index contributed by atoms with van der Waals surface area (Å²) in [6.45, 7) is 4.82. The van der Waals surface area contributed by atoms with Gasteiger partial charge in [0.25, 0.3) is 5.91 Å². The van der Waals surface area contributed by atoms with Crippen molar-refractivity contribution in [3.8, 4) is 0 Å². The minimum atomic E-state index is -0.0698. The number of nitrogen functional groups attached to an aromatic ring is 1. The Morgan fingerprint density at radius 2 is 1.95 bits per heavy atom. The number of carbonyl (C=O) groups excluding carboxylic acids is 1. The molecule has 1 unspecified atom stereocenters. The van der Waals surface area contributed by atoms with Crippen LogP contribution in [0.5, 0.6) is 0 Å².